The highest BCUT2D eigenvalue weighted by molar-refractivity contribution is 9.10. The van der Waals surface area contributed by atoms with Gasteiger partial charge in [0.15, 0.2) is 6.61 Å². The van der Waals surface area contributed by atoms with Crippen molar-refractivity contribution in [2.75, 3.05) is 6.61 Å². The lowest BCUT2D eigenvalue weighted by Crippen LogP contribution is -2.53. The number of rotatable bonds is 10. The molecule has 0 saturated heterocycles. The second-order valence-corrected chi connectivity index (χ2v) is 11.3. The minimum absolute atomic E-state index is 0.115. The smallest absolute Gasteiger partial charge is 0.261 e. The Labute approximate surface area is 242 Å². The van der Waals surface area contributed by atoms with E-state index in [0.29, 0.717) is 22.2 Å². The molecule has 1 aliphatic carbocycles. The Morgan fingerprint density at radius 1 is 0.947 bits per heavy atom. The van der Waals surface area contributed by atoms with Gasteiger partial charge in [0.25, 0.3) is 5.91 Å². The standard InChI is InChI=1S/C30H31BrCl2N2O3/c31-23-15-16-28(26(33)18-23)38-20-29(36)35(19-22-11-7-8-14-25(22)32)27(17-21-9-3-1-4-10-21)30(37)34-24-12-5-2-6-13-24/h1,3-4,7-11,14-16,18,24,27H,2,5-6,12-13,17,19-20H2,(H,34,37). The molecule has 200 valence electrons. The lowest BCUT2D eigenvalue weighted by atomic mass is 9.94. The average molecular weight is 618 g/mol. The van der Waals surface area contributed by atoms with E-state index in [1.54, 1.807) is 29.2 Å². The number of carbonyl (C=O) groups is 2. The van der Waals surface area contributed by atoms with Gasteiger partial charge in [-0.1, -0.05) is 107 Å². The molecule has 0 bridgehead atoms. The fourth-order valence-electron chi connectivity index (χ4n) is 4.72. The van der Waals surface area contributed by atoms with Gasteiger partial charge in [-0.15, -0.1) is 0 Å². The zero-order valence-electron chi connectivity index (χ0n) is 21.0. The molecule has 2 amide bonds. The van der Waals surface area contributed by atoms with Crippen LogP contribution in [0.25, 0.3) is 0 Å². The third-order valence-corrected chi connectivity index (χ3v) is 7.92. The van der Waals surface area contributed by atoms with E-state index in [-0.39, 0.29) is 31.0 Å². The number of benzene rings is 3. The highest BCUT2D eigenvalue weighted by Crippen LogP contribution is 2.28. The van der Waals surface area contributed by atoms with Gasteiger partial charge in [0.1, 0.15) is 11.8 Å². The third-order valence-electron chi connectivity index (χ3n) is 6.77. The van der Waals surface area contributed by atoms with Crippen LogP contribution >= 0.6 is 39.1 Å². The molecule has 1 unspecified atom stereocenters. The second-order valence-electron chi connectivity index (χ2n) is 9.53. The summed E-state index contributed by atoms with van der Waals surface area (Å²) in [6.07, 6.45) is 5.65. The Balaban J connectivity index is 1.62. The summed E-state index contributed by atoms with van der Waals surface area (Å²) in [6, 6.07) is 21.7. The van der Waals surface area contributed by atoms with Gasteiger partial charge in [0, 0.05) is 28.5 Å². The minimum atomic E-state index is -0.743. The third kappa shape index (κ3) is 7.98. The largest absolute Gasteiger partial charge is 0.482 e. The first-order valence-electron chi connectivity index (χ1n) is 12.9. The molecule has 5 nitrogen and oxygen atoms in total. The van der Waals surface area contributed by atoms with Crippen LogP contribution in [0.1, 0.15) is 43.2 Å². The number of hydrogen-bond acceptors (Lipinski definition) is 3. The maximum Gasteiger partial charge on any atom is 0.261 e. The molecule has 0 radical (unpaired) electrons. The monoisotopic (exact) mass is 616 g/mol. The molecule has 3 aromatic rings. The number of carbonyl (C=O) groups excluding carboxylic acids is 2. The molecule has 0 aliphatic heterocycles. The average Bonchev–Trinajstić information content (AvgIpc) is 2.92. The fourth-order valence-corrected chi connectivity index (χ4v) is 5.65. The van der Waals surface area contributed by atoms with Gasteiger partial charge in [0.2, 0.25) is 5.91 Å². The first kappa shape index (κ1) is 28.5. The van der Waals surface area contributed by atoms with Crippen LogP contribution in [0.15, 0.2) is 77.3 Å². The van der Waals surface area contributed by atoms with Crippen molar-refractivity contribution in [3.63, 3.8) is 0 Å². The number of nitrogens with one attached hydrogen (secondary N) is 1. The predicted octanol–water partition coefficient (Wildman–Crippen LogP) is 7.22. The van der Waals surface area contributed by atoms with Crippen molar-refractivity contribution in [1.82, 2.24) is 10.2 Å². The molecule has 0 aromatic heterocycles. The van der Waals surface area contributed by atoms with Crippen LogP contribution in [0.3, 0.4) is 0 Å². The molecule has 0 spiro atoms. The Kier molecular flexibility index (Phi) is 10.5. The van der Waals surface area contributed by atoms with Crippen molar-refractivity contribution in [3.8, 4) is 5.75 Å². The number of ether oxygens (including phenoxy) is 1. The van der Waals surface area contributed by atoms with Gasteiger partial charge in [-0.2, -0.15) is 0 Å². The van der Waals surface area contributed by atoms with E-state index in [1.165, 1.54) is 6.42 Å². The van der Waals surface area contributed by atoms with Crippen LogP contribution < -0.4 is 10.1 Å². The zero-order chi connectivity index (χ0) is 26.9. The normalized spacial score (nSPS) is 14.5. The molecule has 1 fully saturated rings. The SMILES string of the molecule is O=C(NC1CCCCC1)C(Cc1ccccc1)N(Cc1ccccc1Cl)C(=O)COc1ccc(Br)cc1Cl. The molecule has 3 aromatic carbocycles. The van der Waals surface area contributed by atoms with E-state index in [1.807, 2.05) is 48.5 Å². The summed E-state index contributed by atoms with van der Waals surface area (Å²) < 4.78 is 6.63. The van der Waals surface area contributed by atoms with Crippen molar-refractivity contribution < 1.29 is 14.3 Å². The Bertz CT molecular complexity index is 1240. The highest BCUT2D eigenvalue weighted by Gasteiger charge is 2.32. The van der Waals surface area contributed by atoms with Crippen molar-refractivity contribution in [3.05, 3.63) is 98.4 Å². The van der Waals surface area contributed by atoms with Gasteiger partial charge >= 0.3 is 0 Å². The second kappa shape index (κ2) is 14.0. The molecule has 1 N–H and O–H groups in total. The summed E-state index contributed by atoms with van der Waals surface area (Å²) in [7, 11) is 0. The first-order valence-corrected chi connectivity index (χ1v) is 14.4. The van der Waals surface area contributed by atoms with E-state index in [0.717, 1.165) is 41.3 Å². The molecule has 38 heavy (non-hydrogen) atoms. The summed E-state index contributed by atoms with van der Waals surface area (Å²) in [5.41, 5.74) is 1.72. The summed E-state index contributed by atoms with van der Waals surface area (Å²) in [4.78, 5) is 29.1. The summed E-state index contributed by atoms with van der Waals surface area (Å²) in [5, 5.41) is 4.16. The van der Waals surface area contributed by atoms with Gasteiger partial charge in [-0.05, 0) is 48.2 Å². The van der Waals surface area contributed by atoms with Crippen molar-refractivity contribution in [1.29, 1.82) is 0 Å². The van der Waals surface area contributed by atoms with E-state index in [4.69, 9.17) is 27.9 Å². The van der Waals surface area contributed by atoms with Crippen LogP contribution in [-0.2, 0) is 22.6 Å². The summed E-state index contributed by atoms with van der Waals surface area (Å²) in [5.74, 6) is -0.0985. The summed E-state index contributed by atoms with van der Waals surface area (Å²) in [6.45, 7) is -0.0979. The summed E-state index contributed by atoms with van der Waals surface area (Å²) >= 11 is 16.2. The molecule has 1 saturated carbocycles. The van der Waals surface area contributed by atoms with E-state index >= 15 is 0 Å². The Hall–Kier alpha value is -2.54. The van der Waals surface area contributed by atoms with Crippen LogP contribution in [0.4, 0.5) is 0 Å². The number of halogens is 3. The molecule has 8 heteroatoms. The van der Waals surface area contributed by atoms with Gasteiger partial charge < -0.3 is 15.0 Å². The molecular formula is C30H31BrCl2N2O3. The molecule has 1 aliphatic rings. The molecule has 1 atom stereocenters. The minimum Gasteiger partial charge on any atom is -0.482 e. The maximum atomic E-state index is 13.8. The zero-order valence-corrected chi connectivity index (χ0v) is 24.1. The number of nitrogens with zero attached hydrogens (tertiary/aromatic N) is 1. The van der Waals surface area contributed by atoms with Crippen molar-refractivity contribution in [2.24, 2.45) is 0 Å². The van der Waals surface area contributed by atoms with Crippen LogP contribution in [0.5, 0.6) is 5.75 Å². The van der Waals surface area contributed by atoms with Gasteiger partial charge in [-0.3, -0.25) is 9.59 Å². The van der Waals surface area contributed by atoms with E-state index in [2.05, 4.69) is 21.2 Å². The lowest BCUT2D eigenvalue weighted by Gasteiger charge is -2.33. The Morgan fingerprint density at radius 2 is 1.66 bits per heavy atom. The molecule has 0 heterocycles. The van der Waals surface area contributed by atoms with Crippen LogP contribution in [-0.4, -0.2) is 35.4 Å². The molecule has 4 rings (SSSR count). The number of hydrogen-bond donors (Lipinski definition) is 1. The Morgan fingerprint density at radius 3 is 2.37 bits per heavy atom. The van der Waals surface area contributed by atoms with Gasteiger partial charge in [0.05, 0.1) is 5.02 Å². The van der Waals surface area contributed by atoms with Crippen LogP contribution in [0.2, 0.25) is 10.0 Å². The van der Waals surface area contributed by atoms with Crippen LogP contribution in [0, 0.1) is 0 Å². The maximum absolute atomic E-state index is 13.8. The van der Waals surface area contributed by atoms with Gasteiger partial charge in [-0.25, -0.2) is 0 Å². The van der Waals surface area contributed by atoms with E-state index < -0.39 is 6.04 Å². The van der Waals surface area contributed by atoms with Crippen molar-refractivity contribution >= 4 is 50.9 Å². The number of amides is 2. The molecular weight excluding hydrogens is 587 g/mol. The van der Waals surface area contributed by atoms with Crippen molar-refractivity contribution in [2.45, 2.75) is 57.2 Å². The quantitative estimate of drug-likeness (QED) is 0.261. The lowest BCUT2D eigenvalue weighted by molar-refractivity contribution is -0.143. The topological polar surface area (TPSA) is 58.6 Å². The first-order chi connectivity index (χ1) is 18.4. The fraction of sp³-hybridized carbons (Fsp3) is 0.333. The highest BCUT2D eigenvalue weighted by atomic mass is 79.9. The predicted molar refractivity (Wildman–Crippen MR) is 156 cm³/mol. The van der Waals surface area contributed by atoms with E-state index in [9.17, 15) is 9.59 Å².